The van der Waals surface area contributed by atoms with Crippen LogP contribution in [-0.2, 0) is 16.6 Å². The third kappa shape index (κ3) is 4.77. The summed E-state index contributed by atoms with van der Waals surface area (Å²) in [6, 6.07) is 0.129. The number of carbonyl (C=O) groups excluding carboxylic acids is 1. The molecule has 1 saturated heterocycles. The molecular formula is C10H18N6O2S. The van der Waals surface area contributed by atoms with Gasteiger partial charge in [-0.15, -0.1) is 5.10 Å². The molecule has 19 heavy (non-hydrogen) atoms. The highest BCUT2D eigenvalue weighted by Crippen LogP contribution is 2.10. The number of rotatable bonds is 6. The Hall–Kier alpha value is -1.19. The summed E-state index contributed by atoms with van der Waals surface area (Å²) in [7, 11) is 1.79. The van der Waals surface area contributed by atoms with Crippen LogP contribution in [0.2, 0.25) is 0 Å². The third-order valence-corrected chi connectivity index (χ3v) is 3.68. The van der Waals surface area contributed by atoms with Gasteiger partial charge in [0, 0.05) is 38.4 Å². The van der Waals surface area contributed by atoms with E-state index in [1.165, 1.54) is 11.8 Å². The SMILES string of the molecule is Cn1nnnc1SCCNC(=O)CC1COCCN1. The first kappa shape index (κ1) is 14.2. The smallest absolute Gasteiger partial charge is 0.221 e. The molecule has 1 atom stereocenters. The summed E-state index contributed by atoms with van der Waals surface area (Å²) in [6.07, 6.45) is 0.455. The van der Waals surface area contributed by atoms with Gasteiger partial charge in [-0.3, -0.25) is 4.79 Å². The fourth-order valence-electron chi connectivity index (χ4n) is 1.72. The predicted octanol–water partition coefficient (Wildman–Crippen LogP) is -1.20. The Balaban J connectivity index is 1.57. The van der Waals surface area contributed by atoms with E-state index in [0.717, 1.165) is 24.1 Å². The van der Waals surface area contributed by atoms with Crippen LogP contribution < -0.4 is 10.6 Å². The molecule has 0 saturated carbocycles. The number of aromatic nitrogens is 4. The number of hydrogen-bond donors (Lipinski definition) is 2. The van der Waals surface area contributed by atoms with Crippen LogP contribution in [0.5, 0.6) is 0 Å². The molecule has 0 aromatic carbocycles. The fraction of sp³-hybridized carbons (Fsp3) is 0.800. The van der Waals surface area contributed by atoms with Crippen LogP contribution in [0, 0.1) is 0 Å². The number of nitrogens with zero attached hydrogens (tertiary/aromatic N) is 4. The minimum absolute atomic E-state index is 0.0414. The van der Waals surface area contributed by atoms with Crippen LogP contribution in [0.3, 0.4) is 0 Å². The van der Waals surface area contributed by atoms with Gasteiger partial charge in [0.1, 0.15) is 0 Å². The van der Waals surface area contributed by atoms with Crippen LogP contribution in [-0.4, -0.2) is 64.2 Å². The van der Waals surface area contributed by atoms with Gasteiger partial charge in [0.05, 0.1) is 13.2 Å². The number of tetrazole rings is 1. The molecule has 1 fully saturated rings. The normalized spacial score (nSPS) is 19.3. The van der Waals surface area contributed by atoms with Gasteiger partial charge in [-0.25, -0.2) is 4.68 Å². The topological polar surface area (TPSA) is 94.0 Å². The molecule has 1 aromatic heterocycles. The summed E-state index contributed by atoms with van der Waals surface area (Å²) in [4.78, 5) is 11.7. The van der Waals surface area contributed by atoms with Crippen LogP contribution in [0.4, 0.5) is 0 Å². The van der Waals surface area contributed by atoms with Crippen molar-refractivity contribution in [3.8, 4) is 0 Å². The summed E-state index contributed by atoms with van der Waals surface area (Å²) >= 11 is 1.51. The molecule has 0 spiro atoms. The molecule has 1 aliphatic heterocycles. The van der Waals surface area contributed by atoms with E-state index in [2.05, 4.69) is 26.2 Å². The van der Waals surface area contributed by atoms with Gasteiger partial charge in [-0.2, -0.15) is 0 Å². The molecular weight excluding hydrogens is 268 g/mol. The van der Waals surface area contributed by atoms with Gasteiger partial charge in [0.25, 0.3) is 0 Å². The standard InChI is InChI=1S/C10H18N6O2S/c1-16-10(13-14-15-16)19-5-3-12-9(17)6-8-7-18-4-2-11-8/h8,11H,2-7H2,1H3,(H,12,17). The Morgan fingerprint density at radius 1 is 1.68 bits per heavy atom. The average Bonchev–Trinajstić information content (AvgIpc) is 2.81. The van der Waals surface area contributed by atoms with E-state index in [1.807, 2.05) is 0 Å². The maximum atomic E-state index is 11.7. The largest absolute Gasteiger partial charge is 0.378 e. The highest BCUT2D eigenvalue weighted by atomic mass is 32.2. The summed E-state index contributed by atoms with van der Waals surface area (Å²) in [5, 5.41) is 18.0. The molecule has 2 heterocycles. The Kier molecular flexibility index (Phi) is 5.55. The molecule has 1 aliphatic rings. The van der Waals surface area contributed by atoms with Crippen molar-refractivity contribution in [1.82, 2.24) is 30.8 Å². The van der Waals surface area contributed by atoms with Gasteiger partial charge >= 0.3 is 0 Å². The first-order chi connectivity index (χ1) is 9.25. The predicted molar refractivity (Wildman–Crippen MR) is 69.8 cm³/mol. The molecule has 0 radical (unpaired) electrons. The lowest BCUT2D eigenvalue weighted by Gasteiger charge is -2.23. The fourth-order valence-corrected chi connectivity index (χ4v) is 2.43. The summed E-state index contributed by atoms with van der Waals surface area (Å²) in [5.74, 6) is 0.786. The van der Waals surface area contributed by atoms with Crippen LogP contribution in [0.25, 0.3) is 0 Å². The molecule has 1 unspecified atom stereocenters. The maximum Gasteiger partial charge on any atom is 0.221 e. The van der Waals surface area contributed by atoms with Crippen molar-refractivity contribution in [2.24, 2.45) is 7.05 Å². The Morgan fingerprint density at radius 3 is 3.26 bits per heavy atom. The molecule has 1 aromatic rings. The molecule has 9 heteroatoms. The Morgan fingerprint density at radius 2 is 2.58 bits per heavy atom. The van der Waals surface area contributed by atoms with Gasteiger partial charge in [0.15, 0.2) is 0 Å². The Labute approximate surface area is 115 Å². The van der Waals surface area contributed by atoms with Crippen molar-refractivity contribution in [2.75, 3.05) is 32.1 Å². The minimum atomic E-state index is 0.0414. The zero-order valence-electron chi connectivity index (χ0n) is 10.8. The van der Waals surface area contributed by atoms with Gasteiger partial charge in [-0.1, -0.05) is 11.8 Å². The van der Waals surface area contributed by atoms with E-state index < -0.39 is 0 Å². The van der Waals surface area contributed by atoms with Crippen molar-refractivity contribution in [3.05, 3.63) is 0 Å². The number of morpholine rings is 1. The number of nitrogens with one attached hydrogen (secondary N) is 2. The second kappa shape index (κ2) is 7.41. The third-order valence-electron chi connectivity index (χ3n) is 2.67. The maximum absolute atomic E-state index is 11.7. The lowest BCUT2D eigenvalue weighted by molar-refractivity contribution is -0.122. The van der Waals surface area contributed by atoms with Gasteiger partial charge in [0.2, 0.25) is 11.1 Å². The van der Waals surface area contributed by atoms with Crippen molar-refractivity contribution in [3.63, 3.8) is 0 Å². The summed E-state index contributed by atoms with van der Waals surface area (Å²) < 4.78 is 6.91. The minimum Gasteiger partial charge on any atom is -0.378 e. The van der Waals surface area contributed by atoms with Crippen molar-refractivity contribution in [1.29, 1.82) is 0 Å². The number of thioether (sulfide) groups is 1. The molecule has 0 bridgehead atoms. The van der Waals surface area contributed by atoms with Crippen molar-refractivity contribution >= 4 is 17.7 Å². The highest BCUT2D eigenvalue weighted by molar-refractivity contribution is 7.99. The lowest BCUT2D eigenvalue weighted by Crippen LogP contribution is -2.44. The number of carbonyl (C=O) groups is 1. The Bertz CT molecular complexity index is 406. The van der Waals surface area contributed by atoms with E-state index in [9.17, 15) is 4.79 Å². The second-order valence-corrected chi connectivity index (χ2v) is 5.28. The lowest BCUT2D eigenvalue weighted by atomic mass is 10.2. The molecule has 8 nitrogen and oxygen atoms in total. The van der Waals surface area contributed by atoms with Crippen molar-refractivity contribution < 1.29 is 9.53 Å². The first-order valence-corrected chi connectivity index (χ1v) is 7.17. The molecule has 1 amide bonds. The van der Waals surface area contributed by atoms with E-state index >= 15 is 0 Å². The zero-order valence-corrected chi connectivity index (χ0v) is 11.7. The monoisotopic (exact) mass is 286 g/mol. The van der Waals surface area contributed by atoms with Crippen LogP contribution in [0.15, 0.2) is 5.16 Å². The van der Waals surface area contributed by atoms with Crippen LogP contribution >= 0.6 is 11.8 Å². The molecule has 0 aliphatic carbocycles. The summed E-state index contributed by atoms with van der Waals surface area (Å²) in [6.45, 7) is 2.74. The van der Waals surface area contributed by atoms with E-state index in [0.29, 0.717) is 19.6 Å². The van der Waals surface area contributed by atoms with Gasteiger partial charge < -0.3 is 15.4 Å². The van der Waals surface area contributed by atoms with Crippen LogP contribution in [0.1, 0.15) is 6.42 Å². The van der Waals surface area contributed by atoms with Crippen molar-refractivity contribution in [2.45, 2.75) is 17.6 Å². The second-order valence-electron chi connectivity index (χ2n) is 4.21. The number of amides is 1. The molecule has 106 valence electrons. The van der Waals surface area contributed by atoms with E-state index in [4.69, 9.17) is 4.74 Å². The zero-order chi connectivity index (χ0) is 13.5. The average molecular weight is 286 g/mol. The summed E-state index contributed by atoms with van der Waals surface area (Å²) in [5.41, 5.74) is 0. The number of ether oxygens (including phenoxy) is 1. The first-order valence-electron chi connectivity index (χ1n) is 6.18. The number of hydrogen-bond acceptors (Lipinski definition) is 7. The quantitative estimate of drug-likeness (QED) is 0.501. The van der Waals surface area contributed by atoms with Gasteiger partial charge in [-0.05, 0) is 10.4 Å². The number of aryl methyl sites for hydroxylation is 1. The molecule has 2 N–H and O–H groups in total. The van der Waals surface area contributed by atoms with E-state index in [-0.39, 0.29) is 11.9 Å². The highest BCUT2D eigenvalue weighted by Gasteiger charge is 2.16. The van der Waals surface area contributed by atoms with E-state index in [1.54, 1.807) is 11.7 Å². The molecule has 2 rings (SSSR count).